The molecule has 0 aliphatic heterocycles. The Labute approximate surface area is 141 Å². The van der Waals surface area contributed by atoms with Crippen molar-refractivity contribution < 1.29 is 19.1 Å². The molecule has 0 aliphatic rings. The van der Waals surface area contributed by atoms with Crippen LogP contribution >= 0.6 is 0 Å². The average Bonchev–Trinajstić information content (AvgIpc) is 2.54. The smallest absolute Gasteiger partial charge is 0.305 e. The fourth-order valence-electron chi connectivity index (χ4n) is 2.13. The van der Waals surface area contributed by atoms with Crippen LogP contribution < -0.4 is 0 Å². The number of esters is 2. The summed E-state index contributed by atoms with van der Waals surface area (Å²) in [6.45, 7) is 6.76. The second-order valence-corrected chi connectivity index (χ2v) is 5.85. The van der Waals surface area contributed by atoms with E-state index < -0.39 is 0 Å². The SMILES string of the molecule is C=CCCCOC(=O)CCCCCCCCC(=O)OCCCC. The lowest BCUT2D eigenvalue weighted by Gasteiger charge is -2.05. The van der Waals surface area contributed by atoms with Gasteiger partial charge >= 0.3 is 11.9 Å². The zero-order chi connectivity index (χ0) is 17.2. The maximum Gasteiger partial charge on any atom is 0.305 e. The van der Waals surface area contributed by atoms with Crippen molar-refractivity contribution in [1.29, 1.82) is 0 Å². The zero-order valence-electron chi connectivity index (χ0n) is 14.8. The maximum absolute atomic E-state index is 11.4. The van der Waals surface area contributed by atoms with E-state index in [2.05, 4.69) is 13.5 Å². The molecule has 0 fully saturated rings. The molecule has 0 aliphatic carbocycles. The molecule has 0 rings (SSSR count). The van der Waals surface area contributed by atoms with E-state index in [1.807, 2.05) is 6.08 Å². The minimum absolute atomic E-state index is 0.0716. The van der Waals surface area contributed by atoms with Crippen molar-refractivity contribution in [2.45, 2.75) is 84.0 Å². The highest BCUT2D eigenvalue weighted by molar-refractivity contribution is 5.69. The molecule has 0 radical (unpaired) electrons. The lowest BCUT2D eigenvalue weighted by atomic mass is 10.1. The highest BCUT2D eigenvalue weighted by atomic mass is 16.5. The standard InChI is InChI=1S/C19H34O4/c1-3-5-13-17-23-19(21)15-12-10-8-7-9-11-14-18(20)22-16-6-4-2/h3H,1,4-17H2,2H3. The van der Waals surface area contributed by atoms with Gasteiger partial charge < -0.3 is 9.47 Å². The Morgan fingerprint density at radius 3 is 1.74 bits per heavy atom. The van der Waals surface area contributed by atoms with Gasteiger partial charge in [-0.3, -0.25) is 9.59 Å². The van der Waals surface area contributed by atoms with Crippen LogP contribution in [0.4, 0.5) is 0 Å². The summed E-state index contributed by atoms with van der Waals surface area (Å²) in [5.41, 5.74) is 0. The van der Waals surface area contributed by atoms with Crippen molar-refractivity contribution in [3.63, 3.8) is 0 Å². The maximum atomic E-state index is 11.4. The van der Waals surface area contributed by atoms with Crippen LogP contribution in [0.3, 0.4) is 0 Å². The van der Waals surface area contributed by atoms with Crippen LogP contribution in [-0.2, 0) is 19.1 Å². The number of unbranched alkanes of at least 4 members (excludes halogenated alkanes) is 7. The van der Waals surface area contributed by atoms with Crippen LogP contribution in [0, 0.1) is 0 Å². The van der Waals surface area contributed by atoms with Gasteiger partial charge in [0.05, 0.1) is 13.2 Å². The van der Waals surface area contributed by atoms with Crippen LogP contribution in [0.1, 0.15) is 84.0 Å². The summed E-state index contributed by atoms with van der Waals surface area (Å²) in [7, 11) is 0. The Morgan fingerprint density at radius 2 is 1.26 bits per heavy atom. The predicted octanol–water partition coefficient (Wildman–Crippen LogP) is 4.96. The fraction of sp³-hybridized carbons (Fsp3) is 0.789. The third kappa shape index (κ3) is 16.9. The normalized spacial score (nSPS) is 10.3. The van der Waals surface area contributed by atoms with Crippen molar-refractivity contribution in [2.75, 3.05) is 13.2 Å². The Kier molecular flexibility index (Phi) is 16.1. The van der Waals surface area contributed by atoms with E-state index >= 15 is 0 Å². The number of carbonyl (C=O) groups excluding carboxylic acids is 2. The van der Waals surface area contributed by atoms with Crippen LogP contribution in [0.2, 0.25) is 0 Å². The van der Waals surface area contributed by atoms with Gasteiger partial charge in [0, 0.05) is 12.8 Å². The van der Waals surface area contributed by atoms with Crippen molar-refractivity contribution in [3.8, 4) is 0 Å². The highest BCUT2D eigenvalue weighted by Gasteiger charge is 2.03. The lowest BCUT2D eigenvalue weighted by Crippen LogP contribution is -2.05. The van der Waals surface area contributed by atoms with E-state index in [1.54, 1.807) is 0 Å². The monoisotopic (exact) mass is 326 g/mol. The first kappa shape index (κ1) is 21.7. The average molecular weight is 326 g/mol. The van der Waals surface area contributed by atoms with Gasteiger partial charge in [-0.1, -0.05) is 45.1 Å². The third-order valence-electron chi connectivity index (χ3n) is 3.59. The molecule has 0 saturated carbocycles. The molecule has 4 nitrogen and oxygen atoms in total. The first-order valence-corrected chi connectivity index (χ1v) is 9.12. The molecule has 0 aromatic carbocycles. The molecule has 0 atom stereocenters. The van der Waals surface area contributed by atoms with E-state index in [0.29, 0.717) is 26.1 Å². The molecule has 0 amide bonds. The summed E-state index contributed by atoms with van der Waals surface area (Å²) in [4.78, 5) is 22.8. The van der Waals surface area contributed by atoms with Crippen LogP contribution in [-0.4, -0.2) is 25.2 Å². The quantitative estimate of drug-likeness (QED) is 0.228. The molecule has 0 heterocycles. The Balaban J connectivity index is 3.25. The Morgan fingerprint density at radius 1 is 0.783 bits per heavy atom. The second kappa shape index (κ2) is 17.0. The molecule has 23 heavy (non-hydrogen) atoms. The van der Waals surface area contributed by atoms with Gasteiger partial charge in [-0.05, 0) is 32.1 Å². The lowest BCUT2D eigenvalue weighted by molar-refractivity contribution is -0.144. The van der Waals surface area contributed by atoms with Crippen LogP contribution in [0.25, 0.3) is 0 Å². The van der Waals surface area contributed by atoms with E-state index in [4.69, 9.17) is 9.47 Å². The van der Waals surface area contributed by atoms with Gasteiger partial charge in [0.15, 0.2) is 0 Å². The first-order chi connectivity index (χ1) is 11.2. The fourth-order valence-corrected chi connectivity index (χ4v) is 2.13. The van der Waals surface area contributed by atoms with E-state index in [-0.39, 0.29) is 11.9 Å². The number of carbonyl (C=O) groups is 2. The number of allylic oxidation sites excluding steroid dienone is 1. The molecule has 0 spiro atoms. The van der Waals surface area contributed by atoms with Gasteiger partial charge in [0.2, 0.25) is 0 Å². The highest BCUT2D eigenvalue weighted by Crippen LogP contribution is 2.10. The summed E-state index contributed by atoms with van der Waals surface area (Å²) in [6.07, 6.45) is 12.7. The largest absolute Gasteiger partial charge is 0.466 e. The topological polar surface area (TPSA) is 52.6 Å². The number of hydrogen-bond donors (Lipinski definition) is 0. The summed E-state index contributed by atoms with van der Waals surface area (Å²) in [5.74, 6) is -0.165. The number of ether oxygens (including phenoxy) is 2. The third-order valence-corrected chi connectivity index (χ3v) is 3.59. The summed E-state index contributed by atoms with van der Waals surface area (Å²) < 4.78 is 10.2. The van der Waals surface area contributed by atoms with Crippen molar-refractivity contribution >= 4 is 11.9 Å². The van der Waals surface area contributed by atoms with Crippen molar-refractivity contribution in [3.05, 3.63) is 12.7 Å². The van der Waals surface area contributed by atoms with Gasteiger partial charge in [-0.25, -0.2) is 0 Å². The zero-order valence-corrected chi connectivity index (χ0v) is 14.8. The van der Waals surface area contributed by atoms with Gasteiger partial charge in [0.25, 0.3) is 0 Å². The molecule has 134 valence electrons. The second-order valence-electron chi connectivity index (χ2n) is 5.85. The first-order valence-electron chi connectivity index (χ1n) is 9.12. The Bertz CT molecular complexity index is 312. The van der Waals surface area contributed by atoms with E-state index in [1.165, 1.54) is 0 Å². The Hall–Kier alpha value is -1.32. The van der Waals surface area contributed by atoms with Crippen molar-refractivity contribution in [2.24, 2.45) is 0 Å². The molecule has 0 aromatic rings. The van der Waals surface area contributed by atoms with Crippen LogP contribution in [0.15, 0.2) is 12.7 Å². The molecule has 0 N–H and O–H groups in total. The molecule has 0 unspecified atom stereocenters. The van der Waals surface area contributed by atoms with Gasteiger partial charge in [-0.15, -0.1) is 6.58 Å². The van der Waals surface area contributed by atoms with Gasteiger partial charge in [0.1, 0.15) is 0 Å². The number of rotatable bonds is 16. The summed E-state index contributed by atoms with van der Waals surface area (Å²) in [6, 6.07) is 0. The van der Waals surface area contributed by atoms with E-state index in [9.17, 15) is 9.59 Å². The van der Waals surface area contributed by atoms with Crippen molar-refractivity contribution in [1.82, 2.24) is 0 Å². The molecular weight excluding hydrogens is 292 g/mol. The molecule has 0 aromatic heterocycles. The molecule has 4 heteroatoms. The minimum atomic E-state index is -0.0936. The summed E-state index contributed by atoms with van der Waals surface area (Å²) >= 11 is 0. The van der Waals surface area contributed by atoms with Gasteiger partial charge in [-0.2, -0.15) is 0 Å². The predicted molar refractivity (Wildman–Crippen MR) is 93.2 cm³/mol. The van der Waals surface area contributed by atoms with E-state index in [0.717, 1.165) is 64.2 Å². The minimum Gasteiger partial charge on any atom is -0.466 e. The number of hydrogen-bond acceptors (Lipinski definition) is 4. The molecular formula is C19H34O4. The summed E-state index contributed by atoms with van der Waals surface area (Å²) in [5, 5.41) is 0. The molecule has 0 saturated heterocycles. The molecule has 0 bridgehead atoms. The van der Waals surface area contributed by atoms with Crippen LogP contribution in [0.5, 0.6) is 0 Å².